The smallest absolute Gasteiger partial charge is 0.337 e. The highest BCUT2D eigenvalue weighted by molar-refractivity contribution is 5.90. The number of hydrogen-bond donors (Lipinski definition) is 1. The van der Waals surface area contributed by atoms with Gasteiger partial charge >= 0.3 is 5.97 Å². The molecule has 0 bridgehead atoms. The number of rotatable bonds is 10. The molecule has 1 amide bonds. The van der Waals surface area contributed by atoms with Gasteiger partial charge in [-0.2, -0.15) is 5.10 Å². The van der Waals surface area contributed by atoms with Crippen LogP contribution in [0, 0.1) is 0 Å². The van der Waals surface area contributed by atoms with E-state index in [9.17, 15) is 9.59 Å². The van der Waals surface area contributed by atoms with E-state index in [4.69, 9.17) is 0 Å². The monoisotopic (exact) mass is 318 g/mol. The van der Waals surface area contributed by atoms with Gasteiger partial charge in [0.25, 0.3) is 0 Å². The highest BCUT2D eigenvalue weighted by atomic mass is 16.5. The second-order valence-electron chi connectivity index (χ2n) is 5.42. The zero-order valence-corrected chi connectivity index (χ0v) is 14.0. The number of nitrogens with zero attached hydrogens (tertiary/aromatic N) is 1. The Balaban J connectivity index is 2.24. The molecule has 0 radical (unpaired) electrons. The Kier molecular flexibility index (Phi) is 9.36. The predicted octanol–water partition coefficient (Wildman–Crippen LogP) is 3.67. The third-order valence-electron chi connectivity index (χ3n) is 3.49. The molecular weight excluding hydrogens is 292 g/mol. The summed E-state index contributed by atoms with van der Waals surface area (Å²) in [5.74, 6) is -0.441. The van der Waals surface area contributed by atoms with E-state index in [-0.39, 0.29) is 11.9 Å². The first-order valence-corrected chi connectivity index (χ1v) is 8.17. The van der Waals surface area contributed by atoms with Gasteiger partial charge in [-0.1, -0.05) is 51.2 Å². The van der Waals surface area contributed by atoms with E-state index >= 15 is 0 Å². The molecule has 1 aromatic carbocycles. The molecule has 1 aromatic rings. The molecule has 126 valence electrons. The molecular formula is C18H26N2O3. The molecule has 0 unspecified atom stereocenters. The molecule has 0 aliphatic carbocycles. The van der Waals surface area contributed by atoms with Crippen LogP contribution in [0.4, 0.5) is 0 Å². The third-order valence-corrected chi connectivity index (χ3v) is 3.49. The van der Waals surface area contributed by atoms with E-state index in [0.29, 0.717) is 12.0 Å². The Bertz CT molecular complexity index is 510. The minimum atomic E-state index is -0.374. The molecule has 5 nitrogen and oxygen atoms in total. The number of methoxy groups -OCH3 is 1. The minimum absolute atomic E-state index is 0.0667. The summed E-state index contributed by atoms with van der Waals surface area (Å²) in [6.07, 6.45) is 8.99. The van der Waals surface area contributed by atoms with E-state index in [0.717, 1.165) is 18.4 Å². The minimum Gasteiger partial charge on any atom is -0.465 e. The number of ether oxygens (including phenoxy) is 1. The Hall–Kier alpha value is -2.17. The highest BCUT2D eigenvalue weighted by Gasteiger charge is 2.03. The van der Waals surface area contributed by atoms with Crippen LogP contribution in [0.3, 0.4) is 0 Å². The Morgan fingerprint density at radius 3 is 2.39 bits per heavy atom. The molecule has 0 atom stereocenters. The van der Waals surface area contributed by atoms with Gasteiger partial charge in [-0.05, 0) is 24.1 Å². The first-order valence-electron chi connectivity index (χ1n) is 8.17. The third kappa shape index (κ3) is 8.14. The molecule has 1 N–H and O–H groups in total. The molecule has 0 heterocycles. The van der Waals surface area contributed by atoms with Crippen molar-refractivity contribution in [3.63, 3.8) is 0 Å². The van der Waals surface area contributed by atoms with E-state index in [2.05, 4.69) is 22.2 Å². The van der Waals surface area contributed by atoms with Crippen molar-refractivity contribution in [3.05, 3.63) is 35.4 Å². The zero-order chi connectivity index (χ0) is 16.9. The highest BCUT2D eigenvalue weighted by Crippen LogP contribution is 2.07. The number of carbonyl (C=O) groups excluding carboxylic acids is 2. The second-order valence-corrected chi connectivity index (χ2v) is 5.42. The van der Waals surface area contributed by atoms with Crippen LogP contribution in [0.5, 0.6) is 0 Å². The van der Waals surface area contributed by atoms with Crippen molar-refractivity contribution in [1.29, 1.82) is 0 Å². The maximum atomic E-state index is 11.6. The largest absolute Gasteiger partial charge is 0.465 e. The summed E-state index contributed by atoms with van der Waals surface area (Å²) in [6, 6.07) is 6.81. The predicted molar refractivity (Wildman–Crippen MR) is 91.5 cm³/mol. The summed E-state index contributed by atoms with van der Waals surface area (Å²) in [6.45, 7) is 2.19. The summed E-state index contributed by atoms with van der Waals surface area (Å²) >= 11 is 0. The summed E-state index contributed by atoms with van der Waals surface area (Å²) in [5, 5.41) is 3.92. The van der Waals surface area contributed by atoms with Crippen LogP contribution >= 0.6 is 0 Å². The number of amides is 1. The number of hydrogen-bond acceptors (Lipinski definition) is 4. The van der Waals surface area contributed by atoms with Crippen LogP contribution in [-0.4, -0.2) is 25.2 Å². The second kappa shape index (κ2) is 11.4. The summed E-state index contributed by atoms with van der Waals surface area (Å²) in [7, 11) is 1.34. The lowest BCUT2D eigenvalue weighted by Crippen LogP contribution is -2.16. The van der Waals surface area contributed by atoms with Crippen LogP contribution < -0.4 is 5.43 Å². The lowest BCUT2D eigenvalue weighted by atomic mass is 10.1. The van der Waals surface area contributed by atoms with Gasteiger partial charge in [0, 0.05) is 6.42 Å². The number of benzene rings is 1. The molecule has 0 saturated heterocycles. The van der Waals surface area contributed by atoms with Gasteiger partial charge in [0.05, 0.1) is 18.9 Å². The average molecular weight is 318 g/mol. The maximum Gasteiger partial charge on any atom is 0.337 e. The fraction of sp³-hybridized carbons (Fsp3) is 0.500. The summed E-state index contributed by atoms with van der Waals surface area (Å²) < 4.78 is 4.63. The van der Waals surface area contributed by atoms with Gasteiger partial charge in [0.2, 0.25) is 5.91 Å². The quantitative estimate of drug-likeness (QED) is 0.310. The molecule has 0 aliphatic heterocycles. The summed E-state index contributed by atoms with van der Waals surface area (Å²) in [4.78, 5) is 22.9. The van der Waals surface area contributed by atoms with Crippen LogP contribution in [-0.2, 0) is 9.53 Å². The van der Waals surface area contributed by atoms with Crippen molar-refractivity contribution in [1.82, 2.24) is 5.43 Å². The molecule has 0 fully saturated rings. The van der Waals surface area contributed by atoms with Crippen LogP contribution in [0.25, 0.3) is 0 Å². The number of carbonyl (C=O) groups is 2. The van der Waals surface area contributed by atoms with Crippen LogP contribution in [0.15, 0.2) is 29.4 Å². The van der Waals surface area contributed by atoms with Gasteiger partial charge in [0.15, 0.2) is 0 Å². The normalized spacial score (nSPS) is 10.7. The molecule has 0 aromatic heterocycles. The number of hydrazone groups is 1. The van der Waals surface area contributed by atoms with Crippen molar-refractivity contribution in [2.24, 2.45) is 5.10 Å². The maximum absolute atomic E-state index is 11.6. The summed E-state index contributed by atoms with van der Waals surface area (Å²) in [5.41, 5.74) is 3.81. The van der Waals surface area contributed by atoms with Crippen molar-refractivity contribution in [3.8, 4) is 0 Å². The van der Waals surface area contributed by atoms with E-state index in [1.807, 2.05) is 0 Å². The SMILES string of the molecule is CCCCCCCCC(=O)N/N=C\c1ccc(C(=O)OC)cc1. The lowest BCUT2D eigenvalue weighted by molar-refractivity contribution is -0.121. The Morgan fingerprint density at radius 1 is 1.09 bits per heavy atom. The average Bonchev–Trinajstić information content (AvgIpc) is 2.58. The molecule has 0 aliphatic rings. The first-order chi connectivity index (χ1) is 11.2. The molecule has 0 spiro atoms. The van der Waals surface area contributed by atoms with Gasteiger partial charge in [0.1, 0.15) is 0 Å². The zero-order valence-electron chi connectivity index (χ0n) is 14.0. The fourth-order valence-corrected chi connectivity index (χ4v) is 2.12. The van der Waals surface area contributed by atoms with Crippen LogP contribution in [0.2, 0.25) is 0 Å². The number of nitrogens with one attached hydrogen (secondary N) is 1. The number of unbranched alkanes of at least 4 members (excludes halogenated alkanes) is 5. The topological polar surface area (TPSA) is 67.8 Å². The number of esters is 1. The first kappa shape index (κ1) is 18.9. The van der Waals surface area contributed by atoms with E-state index in [1.54, 1.807) is 30.5 Å². The van der Waals surface area contributed by atoms with Crippen molar-refractivity contribution in [2.75, 3.05) is 7.11 Å². The Labute approximate surface area is 138 Å². The van der Waals surface area contributed by atoms with Gasteiger partial charge < -0.3 is 4.74 Å². The molecule has 5 heteroatoms. The fourth-order valence-electron chi connectivity index (χ4n) is 2.12. The van der Waals surface area contributed by atoms with Gasteiger partial charge in [-0.3, -0.25) is 4.79 Å². The Morgan fingerprint density at radius 2 is 1.74 bits per heavy atom. The lowest BCUT2D eigenvalue weighted by Gasteiger charge is -2.01. The molecule has 0 saturated carbocycles. The van der Waals surface area contributed by atoms with E-state index in [1.165, 1.54) is 32.8 Å². The van der Waals surface area contributed by atoms with Crippen LogP contribution in [0.1, 0.15) is 67.8 Å². The molecule has 23 heavy (non-hydrogen) atoms. The molecule has 1 rings (SSSR count). The van der Waals surface area contributed by atoms with E-state index < -0.39 is 0 Å². The standard InChI is InChI=1S/C18H26N2O3/c1-3-4-5-6-7-8-9-17(21)20-19-14-15-10-12-16(13-11-15)18(22)23-2/h10-14H,3-9H2,1-2H3,(H,20,21)/b19-14-. The van der Waals surface area contributed by atoms with Crippen molar-refractivity contribution < 1.29 is 14.3 Å². The van der Waals surface area contributed by atoms with Gasteiger partial charge in [-0.25, -0.2) is 10.2 Å². The van der Waals surface area contributed by atoms with Crippen molar-refractivity contribution >= 4 is 18.1 Å². The van der Waals surface area contributed by atoms with Gasteiger partial charge in [-0.15, -0.1) is 0 Å². The van der Waals surface area contributed by atoms with Crippen molar-refractivity contribution in [2.45, 2.75) is 51.9 Å².